The van der Waals surface area contributed by atoms with Gasteiger partial charge in [-0.1, -0.05) is 32.9 Å². The Morgan fingerprint density at radius 3 is 2.80 bits per heavy atom. The van der Waals surface area contributed by atoms with E-state index in [2.05, 4.69) is 32.3 Å². The summed E-state index contributed by atoms with van der Waals surface area (Å²) in [5.41, 5.74) is 1.75. The predicted molar refractivity (Wildman–Crippen MR) is 62.8 cm³/mol. The van der Waals surface area contributed by atoms with Crippen LogP contribution in [0.4, 0.5) is 0 Å². The molecule has 0 aliphatic carbocycles. The summed E-state index contributed by atoms with van der Waals surface area (Å²) >= 11 is 0. The van der Waals surface area contributed by atoms with Crippen LogP contribution in [-0.2, 0) is 0 Å². The highest BCUT2D eigenvalue weighted by Crippen LogP contribution is 2.48. The molecule has 0 aromatic heterocycles. The maximum atomic E-state index is 9.83. The van der Waals surface area contributed by atoms with Gasteiger partial charge in [0, 0.05) is 18.6 Å². The van der Waals surface area contributed by atoms with Crippen LogP contribution in [0.25, 0.3) is 0 Å². The van der Waals surface area contributed by atoms with Crippen molar-refractivity contribution < 1.29 is 5.11 Å². The molecule has 1 N–H and O–H groups in total. The topological polar surface area (TPSA) is 23.5 Å². The number of fused-ring (bicyclic) bond motifs is 1. The van der Waals surface area contributed by atoms with Crippen LogP contribution in [0.15, 0.2) is 12.2 Å². The summed E-state index contributed by atoms with van der Waals surface area (Å²) in [6, 6.07) is 0. The van der Waals surface area contributed by atoms with Crippen LogP contribution < -0.4 is 0 Å². The molecule has 0 aromatic rings. The number of hydrogen-bond donors (Lipinski definition) is 1. The molecule has 2 heteroatoms. The third-order valence-electron chi connectivity index (χ3n) is 3.77. The summed E-state index contributed by atoms with van der Waals surface area (Å²) in [6.07, 6.45) is 2.98. The maximum absolute atomic E-state index is 9.83. The van der Waals surface area contributed by atoms with Crippen molar-refractivity contribution in [1.82, 2.24) is 4.90 Å². The van der Waals surface area contributed by atoms with Crippen LogP contribution in [0, 0.1) is 5.41 Å². The van der Waals surface area contributed by atoms with Crippen LogP contribution in [0.5, 0.6) is 0 Å². The molecule has 0 aromatic carbocycles. The Hall–Kier alpha value is -0.340. The van der Waals surface area contributed by atoms with Crippen molar-refractivity contribution in [1.29, 1.82) is 0 Å². The van der Waals surface area contributed by atoms with Gasteiger partial charge in [-0.05, 0) is 24.7 Å². The molecule has 2 nitrogen and oxygen atoms in total. The van der Waals surface area contributed by atoms with Gasteiger partial charge < -0.3 is 5.11 Å². The maximum Gasteiger partial charge on any atom is 0.0688 e. The van der Waals surface area contributed by atoms with Crippen molar-refractivity contribution in [2.75, 3.05) is 13.1 Å². The monoisotopic (exact) mass is 209 g/mol. The average molecular weight is 209 g/mol. The van der Waals surface area contributed by atoms with Crippen LogP contribution in [0.2, 0.25) is 0 Å². The van der Waals surface area contributed by atoms with E-state index in [4.69, 9.17) is 0 Å². The number of aliphatic hydroxyl groups excluding tert-OH is 1. The van der Waals surface area contributed by atoms with Crippen LogP contribution in [0.1, 0.15) is 40.0 Å². The Labute approximate surface area is 93.0 Å². The quantitative estimate of drug-likeness (QED) is 0.669. The first-order valence-corrected chi connectivity index (χ1v) is 5.95. The number of β-amino-alcohol motifs (C(OH)–C–C–N with tert-alkyl or cyclic N) is 1. The fourth-order valence-electron chi connectivity index (χ4n) is 3.37. The van der Waals surface area contributed by atoms with E-state index >= 15 is 0 Å². The normalized spacial score (nSPS) is 37.3. The summed E-state index contributed by atoms with van der Waals surface area (Å²) in [7, 11) is 0. The molecule has 2 aliphatic rings. The van der Waals surface area contributed by atoms with Gasteiger partial charge in [0.1, 0.15) is 0 Å². The molecule has 0 bridgehead atoms. The van der Waals surface area contributed by atoms with Gasteiger partial charge in [-0.15, -0.1) is 0 Å². The first-order chi connectivity index (χ1) is 6.83. The zero-order valence-corrected chi connectivity index (χ0v) is 10.2. The Balaban J connectivity index is 2.25. The first-order valence-electron chi connectivity index (χ1n) is 5.95. The zero-order chi connectivity index (χ0) is 11.3. The molecular weight excluding hydrogens is 186 g/mol. The van der Waals surface area contributed by atoms with E-state index in [1.165, 1.54) is 5.57 Å². The molecule has 0 saturated carbocycles. The third-order valence-corrected chi connectivity index (χ3v) is 3.77. The minimum absolute atomic E-state index is 0.109. The zero-order valence-electron chi connectivity index (χ0n) is 10.2. The molecule has 0 spiro atoms. The van der Waals surface area contributed by atoms with E-state index in [0.717, 1.165) is 32.4 Å². The van der Waals surface area contributed by atoms with Crippen molar-refractivity contribution in [2.45, 2.75) is 51.7 Å². The van der Waals surface area contributed by atoms with Gasteiger partial charge in [-0.25, -0.2) is 0 Å². The Kier molecular flexibility index (Phi) is 2.47. The summed E-state index contributed by atoms with van der Waals surface area (Å²) in [5, 5.41) is 9.83. The molecule has 86 valence electrons. The van der Waals surface area contributed by atoms with Gasteiger partial charge in [0.15, 0.2) is 0 Å². The highest BCUT2D eigenvalue weighted by Gasteiger charge is 2.51. The molecule has 1 unspecified atom stereocenters. The van der Waals surface area contributed by atoms with E-state index < -0.39 is 0 Å². The van der Waals surface area contributed by atoms with Gasteiger partial charge in [0.05, 0.1) is 6.10 Å². The highest BCUT2D eigenvalue weighted by molar-refractivity contribution is 5.27. The lowest BCUT2D eigenvalue weighted by atomic mass is 9.75. The molecule has 2 aliphatic heterocycles. The second kappa shape index (κ2) is 3.33. The molecule has 2 rings (SSSR count). The lowest BCUT2D eigenvalue weighted by molar-refractivity contribution is 0.155. The summed E-state index contributed by atoms with van der Waals surface area (Å²) < 4.78 is 0. The van der Waals surface area contributed by atoms with Gasteiger partial charge in [0.2, 0.25) is 0 Å². The van der Waals surface area contributed by atoms with Crippen molar-refractivity contribution in [2.24, 2.45) is 5.41 Å². The average Bonchev–Trinajstić information content (AvgIpc) is 2.47. The largest absolute Gasteiger partial charge is 0.392 e. The second-order valence-corrected chi connectivity index (χ2v) is 6.43. The number of rotatable bonds is 1. The molecule has 15 heavy (non-hydrogen) atoms. The van der Waals surface area contributed by atoms with E-state index in [9.17, 15) is 5.11 Å². The van der Waals surface area contributed by atoms with Gasteiger partial charge in [0.25, 0.3) is 0 Å². The number of aliphatic hydroxyl groups is 1. The predicted octanol–water partition coefficient (Wildman–Crippen LogP) is 2.19. The minimum atomic E-state index is -0.149. The SMILES string of the molecule is C=C1CCN2C[C@H](O)CC12CC(C)(C)C. The van der Waals surface area contributed by atoms with Crippen LogP contribution in [0.3, 0.4) is 0 Å². The molecule has 2 fully saturated rings. The third kappa shape index (κ3) is 1.85. The van der Waals surface area contributed by atoms with E-state index in [-0.39, 0.29) is 11.6 Å². The van der Waals surface area contributed by atoms with E-state index in [1.54, 1.807) is 0 Å². The van der Waals surface area contributed by atoms with E-state index in [1.807, 2.05) is 0 Å². The molecule has 2 heterocycles. The molecule has 0 radical (unpaired) electrons. The summed E-state index contributed by atoms with van der Waals surface area (Å²) in [4.78, 5) is 2.45. The van der Waals surface area contributed by atoms with Gasteiger partial charge in [-0.2, -0.15) is 0 Å². The first kappa shape index (κ1) is 11.2. The van der Waals surface area contributed by atoms with Crippen molar-refractivity contribution in [3.63, 3.8) is 0 Å². The molecule has 2 saturated heterocycles. The smallest absolute Gasteiger partial charge is 0.0688 e. The molecule has 2 atom stereocenters. The van der Waals surface area contributed by atoms with Gasteiger partial charge in [-0.3, -0.25) is 4.90 Å². The van der Waals surface area contributed by atoms with Crippen LogP contribution >= 0.6 is 0 Å². The second-order valence-electron chi connectivity index (χ2n) is 6.43. The van der Waals surface area contributed by atoms with E-state index in [0.29, 0.717) is 5.41 Å². The standard InChI is InChI=1S/C13H23NO/c1-10-5-6-14-8-11(15)7-13(10,14)9-12(2,3)4/h11,15H,1,5-9H2,2-4H3/t11-,13?/m1/s1. The Morgan fingerprint density at radius 2 is 2.20 bits per heavy atom. The summed E-state index contributed by atoms with van der Waals surface area (Å²) in [5.74, 6) is 0. The molecule has 0 amide bonds. The number of nitrogens with zero attached hydrogens (tertiary/aromatic N) is 1. The fourth-order valence-corrected chi connectivity index (χ4v) is 3.37. The lowest BCUT2D eigenvalue weighted by Crippen LogP contribution is -2.42. The summed E-state index contributed by atoms with van der Waals surface area (Å²) in [6.45, 7) is 13.0. The number of hydrogen-bond acceptors (Lipinski definition) is 2. The Bertz CT molecular complexity index is 279. The van der Waals surface area contributed by atoms with Crippen molar-refractivity contribution >= 4 is 0 Å². The molecular formula is C13H23NO. The fraction of sp³-hybridized carbons (Fsp3) is 0.846. The van der Waals surface area contributed by atoms with Crippen molar-refractivity contribution in [3.8, 4) is 0 Å². The highest BCUT2D eigenvalue weighted by atomic mass is 16.3. The van der Waals surface area contributed by atoms with Crippen molar-refractivity contribution in [3.05, 3.63) is 12.2 Å². The van der Waals surface area contributed by atoms with Crippen LogP contribution in [-0.4, -0.2) is 34.7 Å². The van der Waals surface area contributed by atoms with Gasteiger partial charge >= 0.3 is 0 Å². The lowest BCUT2D eigenvalue weighted by Gasteiger charge is -2.38. The minimum Gasteiger partial charge on any atom is -0.392 e. The Morgan fingerprint density at radius 1 is 1.53 bits per heavy atom.